The Kier molecular flexibility index (Phi) is 9.25. The number of allylic oxidation sites excluding steroid dienone is 1. The minimum atomic E-state index is -0.488. The molecule has 0 aromatic carbocycles. The van der Waals surface area contributed by atoms with E-state index in [1.165, 1.54) is 0 Å². The average Bonchev–Trinajstić information content (AvgIpc) is 2.40. The van der Waals surface area contributed by atoms with Crippen LogP contribution in [0.3, 0.4) is 0 Å². The molecule has 116 valence electrons. The van der Waals surface area contributed by atoms with Crippen LogP contribution in [-0.2, 0) is 0 Å². The van der Waals surface area contributed by atoms with Crippen molar-refractivity contribution in [1.82, 2.24) is 9.80 Å². The van der Waals surface area contributed by atoms with Gasteiger partial charge < -0.3 is 9.80 Å². The van der Waals surface area contributed by atoms with E-state index in [4.69, 9.17) is 23.2 Å². The summed E-state index contributed by atoms with van der Waals surface area (Å²) in [6.07, 6.45) is 0. The SMILES string of the molecule is CCN(CC)C(=C(/C(Cl)=C(/Cl)Br)[N+](=O)[O-])N(CC)CC. The normalized spacial score (nSPS) is 11.8. The zero-order valence-corrected chi connectivity index (χ0v) is 15.2. The number of halogens is 3. The fourth-order valence-corrected chi connectivity index (χ4v) is 2.33. The standard InChI is InChI=1S/C12H20BrCl2N3O2/c1-5-16(6-2)12(17(7-3)8-4)10(18(19)20)9(14)11(13)15/h5-8H2,1-4H3/b11-9-. The Bertz CT molecular complexity index is 388. The summed E-state index contributed by atoms with van der Waals surface area (Å²) in [4.78, 5) is 14.8. The molecular formula is C12H20BrCl2N3O2. The van der Waals surface area contributed by atoms with Gasteiger partial charge in [0.05, 0.1) is 4.92 Å². The highest BCUT2D eigenvalue weighted by Crippen LogP contribution is 2.31. The number of hydrogen-bond donors (Lipinski definition) is 0. The molecular weight excluding hydrogens is 369 g/mol. The van der Waals surface area contributed by atoms with Gasteiger partial charge in [0.25, 0.3) is 0 Å². The Balaban J connectivity index is 6.28. The van der Waals surface area contributed by atoms with Crippen molar-refractivity contribution < 1.29 is 4.92 Å². The summed E-state index contributed by atoms with van der Waals surface area (Å²) in [7, 11) is 0. The number of hydrogen-bond acceptors (Lipinski definition) is 4. The van der Waals surface area contributed by atoms with Crippen LogP contribution < -0.4 is 0 Å². The van der Waals surface area contributed by atoms with Crippen LogP contribution in [0.5, 0.6) is 0 Å². The molecule has 0 fully saturated rings. The summed E-state index contributed by atoms with van der Waals surface area (Å²) in [5.74, 6) is 0.493. The Morgan fingerprint density at radius 1 is 1.05 bits per heavy atom. The van der Waals surface area contributed by atoms with E-state index < -0.39 is 4.92 Å². The van der Waals surface area contributed by atoms with Gasteiger partial charge in [0, 0.05) is 26.2 Å². The van der Waals surface area contributed by atoms with Crippen LogP contribution in [0.4, 0.5) is 0 Å². The smallest absolute Gasteiger partial charge is 0.329 e. The van der Waals surface area contributed by atoms with E-state index in [9.17, 15) is 10.1 Å². The van der Waals surface area contributed by atoms with Crippen LogP contribution in [0.1, 0.15) is 27.7 Å². The third-order valence-electron chi connectivity index (χ3n) is 2.89. The molecule has 0 amide bonds. The largest absolute Gasteiger partial charge is 0.353 e. The molecule has 0 aliphatic heterocycles. The van der Waals surface area contributed by atoms with Gasteiger partial charge in [-0.05, 0) is 43.6 Å². The molecule has 0 aromatic rings. The van der Waals surface area contributed by atoms with Crippen LogP contribution in [0.15, 0.2) is 20.5 Å². The fraction of sp³-hybridized carbons (Fsp3) is 0.667. The first-order valence-corrected chi connectivity index (χ1v) is 8.00. The molecule has 8 heteroatoms. The Hall–Kier alpha value is -0.460. The Labute approximate surface area is 138 Å². The molecule has 0 radical (unpaired) electrons. The summed E-state index contributed by atoms with van der Waals surface area (Å²) in [5, 5.41) is 11.4. The second-order valence-corrected chi connectivity index (χ2v) is 5.85. The minimum absolute atomic E-state index is 0.0303. The second-order valence-electron chi connectivity index (χ2n) is 3.85. The lowest BCUT2D eigenvalue weighted by atomic mass is 10.3. The van der Waals surface area contributed by atoms with Gasteiger partial charge >= 0.3 is 5.70 Å². The van der Waals surface area contributed by atoms with Crippen LogP contribution in [-0.4, -0.2) is 40.9 Å². The molecule has 0 unspecified atom stereocenters. The van der Waals surface area contributed by atoms with Crippen molar-refractivity contribution in [2.45, 2.75) is 27.7 Å². The van der Waals surface area contributed by atoms with E-state index in [0.29, 0.717) is 32.0 Å². The van der Waals surface area contributed by atoms with E-state index >= 15 is 0 Å². The highest BCUT2D eigenvalue weighted by Gasteiger charge is 2.30. The quantitative estimate of drug-likeness (QED) is 0.356. The molecule has 0 saturated heterocycles. The average molecular weight is 389 g/mol. The maximum atomic E-state index is 11.5. The van der Waals surface area contributed by atoms with Crippen molar-refractivity contribution in [3.63, 3.8) is 0 Å². The first-order chi connectivity index (χ1) is 9.35. The lowest BCUT2D eigenvalue weighted by Crippen LogP contribution is -2.37. The van der Waals surface area contributed by atoms with Gasteiger partial charge in [0.15, 0.2) is 5.82 Å². The van der Waals surface area contributed by atoms with Crippen LogP contribution >= 0.6 is 39.1 Å². The zero-order valence-electron chi connectivity index (χ0n) is 12.1. The van der Waals surface area contributed by atoms with Gasteiger partial charge in [-0.3, -0.25) is 10.1 Å². The monoisotopic (exact) mass is 387 g/mol. The van der Waals surface area contributed by atoms with Crippen molar-refractivity contribution in [2.75, 3.05) is 26.2 Å². The maximum Gasteiger partial charge on any atom is 0.329 e. The summed E-state index contributed by atoms with van der Waals surface area (Å²) in [5.41, 5.74) is -0.180. The predicted octanol–water partition coefficient (Wildman–Crippen LogP) is 4.16. The van der Waals surface area contributed by atoms with Crippen molar-refractivity contribution >= 4 is 39.1 Å². The van der Waals surface area contributed by atoms with Crippen molar-refractivity contribution in [1.29, 1.82) is 0 Å². The first-order valence-electron chi connectivity index (χ1n) is 6.45. The number of nitro groups is 1. The first kappa shape index (κ1) is 19.5. The summed E-state index contributed by atoms with van der Waals surface area (Å²) < 4.78 is 0.0303. The number of nitrogens with zero attached hydrogens (tertiary/aromatic N) is 3. The van der Waals surface area contributed by atoms with E-state index in [0.717, 1.165) is 0 Å². The molecule has 0 heterocycles. The predicted molar refractivity (Wildman–Crippen MR) is 87.5 cm³/mol. The molecule has 0 bridgehead atoms. The third-order valence-corrected chi connectivity index (χ3v) is 4.17. The molecule has 5 nitrogen and oxygen atoms in total. The second kappa shape index (κ2) is 9.47. The molecule has 0 aliphatic carbocycles. The minimum Gasteiger partial charge on any atom is -0.353 e. The maximum absolute atomic E-state index is 11.5. The topological polar surface area (TPSA) is 49.6 Å². The van der Waals surface area contributed by atoms with Crippen LogP contribution in [0.25, 0.3) is 0 Å². The van der Waals surface area contributed by atoms with Gasteiger partial charge in [0.2, 0.25) is 0 Å². The molecule has 0 aliphatic rings. The molecule has 0 N–H and O–H groups in total. The molecule has 0 saturated carbocycles. The molecule has 0 atom stereocenters. The molecule has 0 aromatic heterocycles. The lowest BCUT2D eigenvalue weighted by Gasteiger charge is -2.32. The highest BCUT2D eigenvalue weighted by molar-refractivity contribution is 9.12. The zero-order chi connectivity index (χ0) is 15.9. The summed E-state index contributed by atoms with van der Waals surface area (Å²) in [6.45, 7) is 10.3. The van der Waals surface area contributed by atoms with Gasteiger partial charge in [-0.25, -0.2) is 0 Å². The number of rotatable bonds is 8. The van der Waals surface area contributed by atoms with Gasteiger partial charge in [-0.2, -0.15) is 0 Å². The van der Waals surface area contributed by atoms with Gasteiger partial charge in [-0.15, -0.1) is 0 Å². The highest BCUT2D eigenvalue weighted by atomic mass is 79.9. The van der Waals surface area contributed by atoms with E-state index in [2.05, 4.69) is 15.9 Å². The summed E-state index contributed by atoms with van der Waals surface area (Å²) >= 11 is 14.8. The van der Waals surface area contributed by atoms with Gasteiger partial charge in [-0.1, -0.05) is 23.2 Å². The summed E-state index contributed by atoms with van der Waals surface area (Å²) in [6, 6.07) is 0. The van der Waals surface area contributed by atoms with Crippen molar-refractivity contribution in [2.24, 2.45) is 0 Å². The van der Waals surface area contributed by atoms with Crippen LogP contribution in [0.2, 0.25) is 0 Å². The molecule has 20 heavy (non-hydrogen) atoms. The fourth-order valence-electron chi connectivity index (χ4n) is 1.90. The van der Waals surface area contributed by atoms with Crippen molar-refractivity contribution in [3.05, 3.63) is 30.6 Å². The Morgan fingerprint density at radius 2 is 1.40 bits per heavy atom. The third kappa shape index (κ3) is 4.82. The van der Waals surface area contributed by atoms with Crippen LogP contribution in [0, 0.1) is 10.1 Å². The van der Waals surface area contributed by atoms with Crippen molar-refractivity contribution in [3.8, 4) is 0 Å². The van der Waals surface area contributed by atoms with E-state index in [1.54, 1.807) is 0 Å². The van der Waals surface area contributed by atoms with E-state index in [-0.39, 0.29) is 14.7 Å². The van der Waals surface area contributed by atoms with E-state index in [1.807, 2.05) is 37.5 Å². The Morgan fingerprint density at radius 3 is 1.60 bits per heavy atom. The molecule has 0 rings (SSSR count). The lowest BCUT2D eigenvalue weighted by molar-refractivity contribution is -0.423. The van der Waals surface area contributed by atoms with Gasteiger partial charge in [0.1, 0.15) is 8.97 Å². The molecule has 0 spiro atoms.